The molecule has 1 aromatic heterocycles. The van der Waals surface area contributed by atoms with E-state index in [-0.39, 0.29) is 5.82 Å². The standard InChI is InChI=1S/C21H21FN2O/c22-18-6-2-1-5-16(18)21-17-13-15(24-8-10-25-11-9-24)12-14-4-3-7-19(23-21)20(14)17/h1-7,15,23H,8-13H2. The number of H-pyrrole nitrogens is 1. The summed E-state index contributed by atoms with van der Waals surface area (Å²) in [6.45, 7) is 3.58. The fourth-order valence-electron chi connectivity index (χ4n) is 4.43. The lowest BCUT2D eigenvalue weighted by Crippen LogP contribution is -2.46. The SMILES string of the molecule is Fc1ccccc1-c1[nH]c2cccc3c2c1CC(N1CCOCC1)C3. The Bertz CT molecular complexity index is 927. The molecule has 3 aromatic rings. The number of aromatic nitrogens is 1. The number of rotatable bonds is 2. The number of halogens is 1. The molecule has 5 rings (SSSR count). The molecule has 1 unspecified atom stereocenters. The van der Waals surface area contributed by atoms with E-state index in [1.54, 1.807) is 6.07 Å². The molecule has 0 bridgehead atoms. The van der Waals surface area contributed by atoms with Crippen molar-refractivity contribution < 1.29 is 9.13 Å². The molecule has 0 saturated carbocycles. The molecule has 0 radical (unpaired) electrons. The first kappa shape index (κ1) is 15.1. The van der Waals surface area contributed by atoms with Crippen LogP contribution in [0.4, 0.5) is 4.39 Å². The van der Waals surface area contributed by atoms with Gasteiger partial charge in [-0.05, 0) is 42.2 Å². The van der Waals surface area contributed by atoms with E-state index in [1.165, 1.54) is 22.6 Å². The fourth-order valence-corrected chi connectivity index (χ4v) is 4.43. The minimum absolute atomic E-state index is 0.166. The summed E-state index contributed by atoms with van der Waals surface area (Å²) >= 11 is 0. The quantitative estimate of drug-likeness (QED) is 0.771. The molecule has 1 saturated heterocycles. The highest BCUT2D eigenvalue weighted by molar-refractivity contribution is 5.94. The first-order valence-corrected chi connectivity index (χ1v) is 9.00. The van der Waals surface area contributed by atoms with Gasteiger partial charge in [-0.15, -0.1) is 0 Å². The van der Waals surface area contributed by atoms with Crippen molar-refractivity contribution >= 4 is 10.9 Å². The zero-order valence-corrected chi connectivity index (χ0v) is 14.1. The van der Waals surface area contributed by atoms with E-state index < -0.39 is 0 Å². The number of benzene rings is 2. The van der Waals surface area contributed by atoms with Crippen molar-refractivity contribution in [3.05, 3.63) is 59.4 Å². The van der Waals surface area contributed by atoms with Crippen LogP contribution in [0.3, 0.4) is 0 Å². The van der Waals surface area contributed by atoms with E-state index in [0.717, 1.165) is 50.4 Å². The normalized spacial score (nSPS) is 20.9. The Labute approximate surface area is 146 Å². The predicted octanol–water partition coefficient (Wildman–Crippen LogP) is 3.77. The Kier molecular flexibility index (Phi) is 3.61. The lowest BCUT2D eigenvalue weighted by Gasteiger charge is -2.36. The van der Waals surface area contributed by atoms with Crippen molar-refractivity contribution in [1.29, 1.82) is 0 Å². The maximum Gasteiger partial charge on any atom is 0.132 e. The van der Waals surface area contributed by atoms with E-state index in [2.05, 4.69) is 28.1 Å². The first-order chi connectivity index (χ1) is 12.3. The molecule has 2 aliphatic rings. The van der Waals surface area contributed by atoms with Crippen LogP contribution in [0, 0.1) is 5.82 Å². The highest BCUT2D eigenvalue weighted by Gasteiger charge is 2.30. The molecule has 4 heteroatoms. The van der Waals surface area contributed by atoms with Crippen LogP contribution >= 0.6 is 0 Å². The van der Waals surface area contributed by atoms with Gasteiger partial charge in [-0.25, -0.2) is 4.39 Å². The smallest absolute Gasteiger partial charge is 0.132 e. The van der Waals surface area contributed by atoms with Crippen LogP contribution in [-0.4, -0.2) is 42.2 Å². The van der Waals surface area contributed by atoms with Gasteiger partial charge in [-0.2, -0.15) is 0 Å². The number of ether oxygens (including phenoxy) is 1. The van der Waals surface area contributed by atoms with Crippen LogP contribution in [0.5, 0.6) is 0 Å². The van der Waals surface area contributed by atoms with E-state index in [1.807, 2.05) is 12.1 Å². The molecule has 1 fully saturated rings. The van der Waals surface area contributed by atoms with Crippen LogP contribution in [-0.2, 0) is 17.6 Å². The van der Waals surface area contributed by atoms with Crippen molar-refractivity contribution in [3.63, 3.8) is 0 Å². The third kappa shape index (κ3) is 2.48. The molecule has 1 N–H and O–H groups in total. The number of aromatic amines is 1. The van der Waals surface area contributed by atoms with Crippen LogP contribution in [0.25, 0.3) is 22.2 Å². The maximum atomic E-state index is 14.4. The molecule has 128 valence electrons. The van der Waals surface area contributed by atoms with Gasteiger partial charge in [-0.3, -0.25) is 4.90 Å². The largest absolute Gasteiger partial charge is 0.379 e. The molecule has 3 nitrogen and oxygen atoms in total. The molecule has 1 atom stereocenters. The summed E-state index contributed by atoms with van der Waals surface area (Å²) in [6.07, 6.45) is 2.01. The van der Waals surface area contributed by atoms with Crippen LogP contribution in [0.15, 0.2) is 42.5 Å². The van der Waals surface area contributed by atoms with Crippen molar-refractivity contribution in [1.82, 2.24) is 9.88 Å². The zero-order chi connectivity index (χ0) is 16.8. The summed E-state index contributed by atoms with van der Waals surface area (Å²) in [7, 11) is 0. The van der Waals surface area contributed by atoms with Crippen LogP contribution in [0.2, 0.25) is 0 Å². The van der Waals surface area contributed by atoms with Crippen LogP contribution < -0.4 is 0 Å². The summed E-state index contributed by atoms with van der Waals surface area (Å²) < 4.78 is 20.0. The molecule has 1 aliphatic carbocycles. The second-order valence-corrected chi connectivity index (χ2v) is 7.01. The van der Waals surface area contributed by atoms with Crippen molar-refractivity contribution in [2.24, 2.45) is 0 Å². The monoisotopic (exact) mass is 336 g/mol. The van der Waals surface area contributed by atoms with Crippen molar-refractivity contribution in [2.45, 2.75) is 18.9 Å². The Morgan fingerprint density at radius 1 is 1.00 bits per heavy atom. The first-order valence-electron chi connectivity index (χ1n) is 9.00. The van der Waals surface area contributed by atoms with Gasteiger partial charge >= 0.3 is 0 Å². The van der Waals surface area contributed by atoms with Gasteiger partial charge in [0, 0.05) is 35.6 Å². The average molecular weight is 336 g/mol. The van der Waals surface area contributed by atoms with Gasteiger partial charge in [-0.1, -0.05) is 24.3 Å². The highest BCUT2D eigenvalue weighted by atomic mass is 19.1. The molecule has 0 spiro atoms. The fraction of sp³-hybridized carbons (Fsp3) is 0.333. The van der Waals surface area contributed by atoms with E-state index in [0.29, 0.717) is 11.6 Å². The molecule has 25 heavy (non-hydrogen) atoms. The lowest BCUT2D eigenvalue weighted by molar-refractivity contribution is 0.0164. The number of nitrogens with one attached hydrogen (secondary N) is 1. The minimum atomic E-state index is -0.166. The van der Waals surface area contributed by atoms with Gasteiger partial charge in [0.25, 0.3) is 0 Å². The van der Waals surface area contributed by atoms with Gasteiger partial charge in [0.1, 0.15) is 5.82 Å². The predicted molar refractivity (Wildman–Crippen MR) is 97.3 cm³/mol. The molecular weight excluding hydrogens is 315 g/mol. The third-order valence-electron chi connectivity index (χ3n) is 5.61. The van der Waals surface area contributed by atoms with Gasteiger partial charge in [0.2, 0.25) is 0 Å². The number of morpholine rings is 1. The Morgan fingerprint density at radius 3 is 2.68 bits per heavy atom. The lowest BCUT2D eigenvalue weighted by atomic mass is 9.86. The topological polar surface area (TPSA) is 28.3 Å². The maximum absolute atomic E-state index is 14.4. The Balaban J connectivity index is 1.64. The number of nitrogens with zero attached hydrogens (tertiary/aromatic N) is 1. The second-order valence-electron chi connectivity index (χ2n) is 7.01. The summed E-state index contributed by atoms with van der Waals surface area (Å²) in [6, 6.07) is 13.9. The molecule has 2 heterocycles. The molecule has 2 aromatic carbocycles. The van der Waals surface area contributed by atoms with Crippen LogP contribution in [0.1, 0.15) is 11.1 Å². The summed E-state index contributed by atoms with van der Waals surface area (Å²) in [5.74, 6) is -0.166. The van der Waals surface area contributed by atoms with Gasteiger partial charge in [0.15, 0.2) is 0 Å². The second kappa shape index (κ2) is 5.97. The van der Waals surface area contributed by atoms with E-state index in [4.69, 9.17) is 4.74 Å². The number of hydrogen-bond acceptors (Lipinski definition) is 2. The van der Waals surface area contributed by atoms with E-state index in [9.17, 15) is 4.39 Å². The van der Waals surface area contributed by atoms with E-state index >= 15 is 0 Å². The zero-order valence-electron chi connectivity index (χ0n) is 14.1. The minimum Gasteiger partial charge on any atom is -0.379 e. The molecule has 0 amide bonds. The highest BCUT2D eigenvalue weighted by Crippen LogP contribution is 2.38. The Hall–Kier alpha value is -2.17. The summed E-state index contributed by atoms with van der Waals surface area (Å²) in [4.78, 5) is 6.02. The van der Waals surface area contributed by atoms with Crippen molar-refractivity contribution in [3.8, 4) is 11.3 Å². The number of hydrogen-bond donors (Lipinski definition) is 1. The van der Waals surface area contributed by atoms with Gasteiger partial charge in [0.05, 0.1) is 18.9 Å². The summed E-state index contributed by atoms with van der Waals surface area (Å²) in [5, 5.41) is 1.30. The third-order valence-corrected chi connectivity index (χ3v) is 5.61. The average Bonchev–Trinajstić information content (AvgIpc) is 3.03. The van der Waals surface area contributed by atoms with Crippen molar-refractivity contribution in [2.75, 3.05) is 26.3 Å². The molecular formula is C21H21FN2O. The summed E-state index contributed by atoms with van der Waals surface area (Å²) in [5.41, 5.74) is 5.36. The molecule has 1 aliphatic heterocycles. The van der Waals surface area contributed by atoms with Gasteiger partial charge < -0.3 is 9.72 Å². The Morgan fingerprint density at radius 2 is 1.84 bits per heavy atom.